The lowest BCUT2D eigenvalue weighted by atomic mass is 9.83. The molecule has 2 rings (SSSR count). The number of hydrogen-bond acceptors (Lipinski definition) is 1. The first kappa shape index (κ1) is 7.53. The molecule has 0 aromatic rings. The van der Waals surface area contributed by atoms with E-state index >= 15 is 0 Å². The molecule has 0 radical (unpaired) electrons. The Bertz CT molecular complexity index is 273. The van der Waals surface area contributed by atoms with Gasteiger partial charge in [-0.25, -0.2) is 0 Å². The van der Waals surface area contributed by atoms with Crippen LogP contribution in [0.3, 0.4) is 0 Å². The molecular weight excluding hydrogens is 146 g/mol. The Morgan fingerprint density at radius 2 is 2.00 bits per heavy atom. The molecule has 0 bridgehead atoms. The second kappa shape index (κ2) is 2.74. The Kier molecular flexibility index (Phi) is 1.72. The van der Waals surface area contributed by atoms with Crippen LogP contribution >= 0.6 is 0 Å². The van der Waals surface area contributed by atoms with E-state index in [2.05, 4.69) is 43.1 Å². The van der Waals surface area contributed by atoms with Gasteiger partial charge >= 0.3 is 0 Å². The number of allylic oxidation sites excluding steroid dienone is 3. The van der Waals surface area contributed by atoms with E-state index in [9.17, 15) is 0 Å². The molecule has 0 amide bonds. The summed E-state index contributed by atoms with van der Waals surface area (Å²) in [5, 5.41) is 0. The zero-order valence-corrected chi connectivity index (χ0v) is 7.49. The van der Waals surface area contributed by atoms with E-state index in [4.69, 9.17) is 0 Å². The number of nitrogens with zero attached hydrogens (tertiary/aromatic N) is 1. The van der Waals surface area contributed by atoms with Crippen molar-refractivity contribution >= 4 is 6.21 Å². The largest absolute Gasteiger partial charge is 0.284 e. The van der Waals surface area contributed by atoms with Crippen LogP contribution in [0.2, 0.25) is 0 Å². The molecule has 0 aromatic carbocycles. The van der Waals surface area contributed by atoms with Crippen LogP contribution in [0.4, 0.5) is 0 Å². The van der Waals surface area contributed by atoms with Gasteiger partial charge in [-0.1, -0.05) is 23.8 Å². The summed E-state index contributed by atoms with van der Waals surface area (Å²) in [6.07, 6.45) is 10.5. The zero-order chi connectivity index (χ0) is 8.55. The Hall–Kier alpha value is -1.11. The summed E-state index contributed by atoms with van der Waals surface area (Å²) in [7, 11) is 0. The van der Waals surface area contributed by atoms with Gasteiger partial charge in [0.2, 0.25) is 0 Å². The Labute approximate surface area is 73.2 Å². The van der Waals surface area contributed by atoms with Gasteiger partial charge in [-0.15, -0.1) is 0 Å². The average Bonchev–Trinajstić information content (AvgIpc) is 2.07. The smallest absolute Gasteiger partial charge is 0.0809 e. The molecule has 0 saturated carbocycles. The lowest BCUT2D eigenvalue weighted by Crippen LogP contribution is -2.23. The van der Waals surface area contributed by atoms with Gasteiger partial charge in [-0.2, -0.15) is 0 Å². The molecule has 1 aliphatic heterocycles. The number of aliphatic imine (C=N–C) groups is 1. The number of rotatable bonds is 0. The highest BCUT2D eigenvalue weighted by Crippen LogP contribution is 2.29. The topological polar surface area (TPSA) is 12.4 Å². The molecule has 2 unspecified atom stereocenters. The van der Waals surface area contributed by atoms with E-state index in [0.29, 0.717) is 12.0 Å². The van der Waals surface area contributed by atoms with E-state index in [1.165, 1.54) is 11.1 Å². The van der Waals surface area contributed by atoms with Crippen molar-refractivity contribution in [2.24, 2.45) is 10.9 Å². The van der Waals surface area contributed by atoms with Crippen LogP contribution < -0.4 is 0 Å². The van der Waals surface area contributed by atoms with Crippen LogP contribution in [0.25, 0.3) is 0 Å². The fraction of sp³-hybridized carbons (Fsp3) is 0.364. The predicted octanol–water partition coefficient (Wildman–Crippen LogP) is 2.52. The van der Waals surface area contributed by atoms with E-state index in [-0.39, 0.29) is 0 Å². The molecule has 0 saturated heterocycles. The monoisotopic (exact) mass is 159 g/mol. The predicted molar refractivity (Wildman–Crippen MR) is 52.4 cm³/mol. The summed E-state index contributed by atoms with van der Waals surface area (Å²) in [4.78, 5) is 4.46. The lowest BCUT2D eigenvalue weighted by Gasteiger charge is -2.27. The molecule has 1 aliphatic carbocycles. The van der Waals surface area contributed by atoms with Crippen LogP contribution in [0, 0.1) is 5.92 Å². The third kappa shape index (κ3) is 1.06. The minimum absolute atomic E-state index is 0.375. The maximum absolute atomic E-state index is 4.46. The molecule has 2 aliphatic rings. The van der Waals surface area contributed by atoms with Gasteiger partial charge in [-0.3, -0.25) is 4.99 Å². The SMILES string of the molecule is CC1=CC=NC2C(C)=CC=CC12. The minimum Gasteiger partial charge on any atom is -0.284 e. The zero-order valence-electron chi connectivity index (χ0n) is 7.49. The van der Waals surface area contributed by atoms with Crippen molar-refractivity contribution in [3.8, 4) is 0 Å². The minimum atomic E-state index is 0.375. The molecule has 2 atom stereocenters. The van der Waals surface area contributed by atoms with Crippen LogP contribution in [-0.4, -0.2) is 12.3 Å². The van der Waals surface area contributed by atoms with Gasteiger partial charge in [0.1, 0.15) is 0 Å². The van der Waals surface area contributed by atoms with Crippen LogP contribution in [0.5, 0.6) is 0 Å². The number of hydrogen-bond donors (Lipinski definition) is 0. The fourth-order valence-electron chi connectivity index (χ4n) is 1.79. The van der Waals surface area contributed by atoms with Crippen molar-refractivity contribution < 1.29 is 0 Å². The van der Waals surface area contributed by atoms with Crippen LogP contribution in [-0.2, 0) is 0 Å². The first-order valence-electron chi connectivity index (χ1n) is 4.34. The Morgan fingerprint density at radius 1 is 1.17 bits per heavy atom. The quantitative estimate of drug-likeness (QED) is 0.515. The van der Waals surface area contributed by atoms with Crippen molar-refractivity contribution in [2.75, 3.05) is 0 Å². The van der Waals surface area contributed by atoms with Crippen LogP contribution in [0.1, 0.15) is 13.8 Å². The average molecular weight is 159 g/mol. The van der Waals surface area contributed by atoms with E-state index in [0.717, 1.165) is 0 Å². The molecule has 0 aromatic heterocycles. The second-order valence-corrected chi connectivity index (χ2v) is 3.48. The molecule has 0 fully saturated rings. The van der Waals surface area contributed by atoms with Crippen molar-refractivity contribution in [3.05, 3.63) is 35.5 Å². The highest BCUT2D eigenvalue weighted by atomic mass is 14.8. The van der Waals surface area contributed by atoms with Crippen molar-refractivity contribution in [3.63, 3.8) is 0 Å². The molecule has 12 heavy (non-hydrogen) atoms. The number of dihydropyridines is 1. The van der Waals surface area contributed by atoms with Gasteiger partial charge in [-0.05, 0) is 25.5 Å². The normalized spacial score (nSPS) is 32.5. The fourth-order valence-corrected chi connectivity index (χ4v) is 1.79. The highest BCUT2D eigenvalue weighted by Gasteiger charge is 2.24. The maximum atomic E-state index is 4.46. The molecule has 0 N–H and O–H groups in total. The van der Waals surface area contributed by atoms with Gasteiger partial charge in [0.15, 0.2) is 0 Å². The Morgan fingerprint density at radius 3 is 2.75 bits per heavy atom. The standard InChI is InChI=1S/C11H13N/c1-8-6-7-12-11-9(2)4-3-5-10(8)11/h3-7,10-11H,1-2H3. The first-order valence-corrected chi connectivity index (χ1v) is 4.34. The third-order valence-corrected chi connectivity index (χ3v) is 2.59. The molecule has 0 spiro atoms. The van der Waals surface area contributed by atoms with Crippen LogP contribution in [0.15, 0.2) is 40.4 Å². The van der Waals surface area contributed by atoms with Gasteiger partial charge in [0.25, 0.3) is 0 Å². The summed E-state index contributed by atoms with van der Waals surface area (Å²) < 4.78 is 0. The summed E-state index contributed by atoms with van der Waals surface area (Å²) >= 11 is 0. The van der Waals surface area contributed by atoms with Crippen molar-refractivity contribution in [1.29, 1.82) is 0 Å². The van der Waals surface area contributed by atoms with Crippen molar-refractivity contribution in [2.45, 2.75) is 19.9 Å². The summed E-state index contributed by atoms with van der Waals surface area (Å²) in [5.41, 5.74) is 2.78. The third-order valence-electron chi connectivity index (χ3n) is 2.59. The summed E-state index contributed by atoms with van der Waals surface area (Å²) in [5.74, 6) is 0.514. The lowest BCUT2D eigenvalue weighted by molar-refractivity contribution is 0.618. The maximum Gasteiger partial charge on any atom is 0.0809 e. The summed E-state index contributed by atoms with van der Waals surface area (Å²) in [6.45, 7) is 4.32. The summed E-state index contributed by atoms with van der Waals surface area (Å²) in [6, 6.07) is 0.375. The molecule has 1 heteroatoms. The van der Waals surface area contributed by atoms with E-state index in [1.54, 1.807) is 0 Å². The molecular formula is C11H13N. The van der Waals surface area contributed by atoms with Crippen molar-refractivity contribution in [1.82, 2.24) is 0 Å². The number of fused-ring (bicyclic) bond motifs is 1. The molecule has 62 valence electrons. The Balaban J connectivity index is 2.37. The first-order chi connectivity index (χ1) is 5.79. The van der Waals surface area contributed by atoms with Gasteiger partial charge in [0.05, 0.1) is 6.04 Å². The van der Waals surface area contributed by atoms with Gasteiger partial charge in [0, 0.05) is 12.1 Å². The highest BCUT2D eigenvalue weighted by molar-refractivity contribution is 5.74. The van der Waals surface area contributed by atoms with E-state index in [1.807, 2.05) is 6.21 Å². The second-order valence-electron chi connectivity index (χ2n) is 3.48. The van der Waals surface area contributed by atoms with Gasteiger partial charge < -0.3 is 0 Å². The molecule has 1 nitrogen and oxygen atoms in total. The molecule has 1 heterocycles. The van der Waals surface area contributed by atoms with E-state index < -0.39 is 0 Å².